The Kier molecular flexibility index (Phi) is 7.19. The summed E-state index contributed by atoms with van der Waals surface area (Å²) in [5.74, 6) is -0.946. The minimum atomic E-state index is -4.40. The molecule has 0 aromatic rings. The van der Waals surface area contributed by atoms with Crippen LogP contribution in [0.15, 0.2) is 0 Å². The maximum atomic E-state index is 12.8. The molecule has 0 unspecified atom stereocenters. The third kappa shape index (κ3) is 7.33. The van der Waals surface area contributed by atoms with Crippen LogP contribution in [-0.4, -0.2) is 35.6 Å². The Morgan fingerprint density at radius 1 is 1.14 bits per heavy atom. The molecule has 0 aromatic heterocycles. The van der Waals surface area contributed by atoms with Gasteiger partial charge in [-0.15, -0.1) is 11.6 Å². The summed E-state index contributed by atoms with van der Waals surface area (Å²) in [5.41, 5.74) is -2.74. The maximum absolute atomic E-state index is 12.8. The average molecular weight is 346 g/mol. The normalized spacial score (nSPS) is 14.4. The van der Waals surface area contributed by atoms with E-state index in [2.05, 4.69) is 5.32 Å². The van der Waals surface area contributed by atoms with Crippen LogP contribution in [0, 0.1) is 5.41 Å². The topological polar surface area (TPSA) is 55.4 Å². The number of alkyl carbamates (subject to hydrolysis) is 1. The van der Waals surface area contributed by atoms with Gasteiger partial charge in [0.2, 0.25) is 0 Å². The highest BCUT2D eigenvalue weighted by atomic mass is 35.5. The van der Waals surface area contributed by atoms with Crippen molar-refractivity contribution in [1.82, 2.24) is 5.32 Å². The van der Waals surface area contributed by atoms with Crippen molar-refractivity contribution in [2.75, 3.05) is 5.88 Å². The Labute approximate surface area is 133 Å². The zero-order valence-electron chi connectivity index (χ0n) is 13.4. The van der Waals surface area contributed by atoms with E-state index in [9.17, 15) is 22.8 Å². The predicted octanol–water partition coefficient (Wildman–Crippen LogP) is 4.06. The second kappa shape index (κ2) is 7.53. The molecule has 0 saturated heterocycles. The summed E-state index contributed by atoms with van der Waals surface area (Å²) in [7, 11) is 0. The average Bonchev–Trinajstić information content (AvgIpc) is 2.29. The number of ether oxygens (including phenoxy) is 1. The van der Waals surface area contributed by atoms with Crippen LogP contribution in [0.2, 0.25) is 0 Å². The van der Waals surface area contributed by atoms with Gasteiger partial charge < -0.3 is 10.1 Å². The fourth-order valence-corrected chi connectivity index (χ4v) is 1.69. The molecule has 8 heteroatoms. The van der Waals surface area contributed by atoms with Crippen LogP contribution in [0.1, 0.15) is 47.5 Å². The molecule has 1 atom stereocenters. The lowest BCUT2D eigenvalue weighted by atomic mass is 9.85. The molecule has 0 rings (SSSR count). The van der Waals surface area contributed by atoms with E-state index in [-0.39, 0.29) is 12.8 Å². The number of carbonyl (C=O) groups excluding carboxylic acids is 2. The highest BCUT2D eigenvalue weighted by Gasteiger charge is 2.47. The van der Waals surface area contributed by atoms with Gasteiger partial charge in [0, 0.05) is 0 Å². The van der Waals surface area contributed by atoms with E-state index in [4.69, 9.17) is 16.3 Å². The van der Waals surface area contributed by atoms with E-state index in [0.29, 0.717) is 0 Å². The van der Waals surface area contributed by atoms with Gasteiger partial charge in [0.05, 0.1) is 17.3 Å². The molecule has 0 heterocycles. The van der Waals surface area contributed by atoms with Crippen LogP contribution in [0.4, 0.5) is 18.0 Å². The second-order valence-corrected chi connectivity index (χ2v) is 6.99. The van der Waals surface area contributed by atoms with E-state index < -0.39 is 41.0 Å². The standard InChI is InChI=1S/C14H23ClF3NO3/c1-12(2,3)22-11(21)19-9(10(20)8-15)6-7-13(4,5)14(16,17)18/h9H,6-8H2,1-5H3,(H,19,21)/t9-/m0/s1. The highest BCUT2D eigenvalue weighted by molar-refractivity contribution is 6.28. The molecule has 0 radical (unpaired) electrons. The Bertz CT molecular complexity index is 403. The number of ketones is 1. The van der Waals surface area contributed by atoms with Crippen LogP contribution in [-0.2, 0) is 9.53 Å². The molecule has 0 bridgehead atoms. The van der Waals surface area contributed by atoms with E-state index in [1.807, 2.05) is 0 Å². The van der Waals surface area contributed by atoms with Gasteiger partial charge in [0.1, 0.15) is 5.60 Å². The van der Waals surface area contributed by atoms with Gasteiger partial charge in [-0.25, -0.2) is 4.79 Å². The summed E-state index contributed by atoms with van der Waals surface area (Å²) in [6.07, 6.45) is -5.74. The van der Waals surface area contributed by atoms with Crippen molar-refractivity contribution < 1.29 is 27.5 Å². The van der Waals surface area contributed by atoms with Gasteiger partial charge in [-0.05, 0) is 33.6 Å². The number of hydrogen-bond donors (Lipinski definition) is 1. The molecule has 0 saturated carbocycles. The van der Waals surface area contributed by atoms with Crippen molar-refractivity contribution in [3.05, 3.63) is 0 Å². The molecular formula is C14H23ClF3NO3. The lowest BCUT2D eigenvalue weighted by Gasteiger charge is -2.29. The van der Waals surface area contributed by atoms with E-state index in [0.717, 1.165) is 13.8 Å². The first-order valence-corrected chi connectivity index (χ1v) is 7.38. The number of hydrogen-bond acceptors (Lipinski definition) is 3. The number of rotatable bonds is 6. The summed E-state index contributed by atoms with van der Waals surface area (Å²) >= 11 is 5.44. The van der Waals surface area contributed by atoms with Gasteiger partial charge in [0.25, 0.3) is 0 Å². The molecule has 4 nitrogen and oxygen atoms in total. The minimum Gasteiger partial charge on any atom is -0.444 e. The number of alkyl halides is 4. The van der Waals surface area contributed by atoms with E-state index in [1.54, 1.807) is 20.8 Å². The summed E-state index contributed by atoms with van der Waals surface area (Å²) < 4.78 is 43.5. The van der Waals surface area contributed by atoms with Crippen molar-refractivity contribution in [2.45, 2.75) is 65.3 Å². The molecule has 0 aliphatic heterocycles. The second-order valence-electron chi connectivity index (χ2n) is 6.72. The number of carbonyl (C=O) groups is 2. The highest BCUT2D eigenvalue weighted by Crippen LogP contribution is 2.41. The van der Waals surface area contributed by atoms with Crippen LogP contribution in [0.25, 0.3) is 0 Å². The number of nitrogens with one attached hydrogen (secondary N) is 1. The first-order valence-electron chi connectivity index (χ1n) is 6.84. The molecule has 0 aliphatic rings. The minimum absolute atomic E-state index is 0.169. The van der Waals surface area contributed by atoms with Gasteiger partial charge >= 0.3 is 12.3 Å². The SMILES string of the molecule is CC(C)(C)OC(=O)N[C@@H](CCC(C)(C)C(F)(F)F)C(=O)CCl. The molecule has 0 spiro atoms. The fourth-order valence-electron chi connectivity index (χ4n) is 1.50. The Balaban J connectivity index is 4.82. The quantitative estimate of drug-likeness (QED) is 0.739. The Hall–Kier alpha value is -0.980. The molecule has 0 aromatic carbocycles. The fraction of sp³-hybridized carbons (Fsp3) is 0.857. The predicted molar refractivity (Wildman–Crippen MR) is 78.0 cm³/mol. The summed E-state index contributed by atoms with van der Waals surface area (Å²) in [6.45, 7) is 7.00. The van der Waals surface area contributed by atoms with Crippen molar-refractivity contribution in [1.29, 1.82) is 0 Å². The van der Waals surface area contributed by atoms with E-state index in [1.165, 1.54) is 0 Å². The molecule has 1 N–H and O–H groups in total. The third-order valence-electron chi connectivity index (χ3n) is 3.04. The lowest BCUT2D eigenvalue weighted by Crippen LogP contribution is -2.45. The van der Waals surface area contributed by atoms with Crippen molar-refractivity contribution >= 4 is 23.5 Å². The first-order chi connectivity index (χ1) is 9.69. The molecule has 1 amide bonds. The van der Waals surface area contributed by atoms with Gasteiger partial charge in [-0.1, -0.05) is 13.8 Å². The van der Waals surface area contributed by atoms with E-state index >= 15 is 0 Å². The molecule has 22 heavy (non-hydrogen) atoms. The van der Waals surface area contributed by atoms with Crippen LogP contribution >= 0.6 is 11.6 Å². The lowest BCUT2D eigenvalue weighted by molar-refractivity contribution is -0.214. The van der Waals surface area contributed by atoms with Crippen LogP contribution in [0.5, 0.6) is 0 Å². The number of amides is 1. The monoisotopic (exact) mass is 345 g/mol. The summed E-state index contributed by atoms with van der Waals surface area (Å²) in [5, 5.41) is 2.29. The molecular weight excluding hydrogens is 323 g/mol. The Morgan fingerprint density at radius 3 is 2.00 bits per heavy atom. The summed E-state index contributed by atoms with van der Waals surface area (Å²) in [6, 6.07) is -1.10. The van der Waals surface area contributed by atoms with Crippen LogP contribution in [0.3, 0.4) is 0 Å². The summed E-state index contributed by atoms with van der Waals surface area (Å²) in [4.78, 5) is 23.4. The maximum Gasteiger partial charge on any atom is 0.408 e. The smallest absolute Gasteiger partial charge is 0.408 e. The third-order valence-corrected chi connectivity index (χ3v) is 3.30. The molecule has 130 valence electrons. The Morgan fingerprint density at radius 2 is 1.64 bits per heavy atom. The molecule has 0 aliphatic carbocycles. The largest absolute Gasteiger partial charge is 0.444 e. The zero-order chi connectivity index (χ0) is 17.8. The number of Topliss-reactive ketones (excluding diaryl/α,β-unsaturated/α-hetero) is 1. The van der Waals surface area contributed by atoms with Crippen molar-refractivity contribution in [2.24, 2.45) is 5.41 Å². The van der Waals surface area contributed by atoms with Gasteiger partial charge in [-0.2, -0.15) is 13.2 Å². The van der Waals surface area contributed by atoms with Crippen LogP contribution < -0.4 is 5.32 Å². The first kappa shape index (κ1) is 21.0. The van der Waals surface area contributed by atoms with Crippen molar-refractivity contribution in [3.63, 3.8) is 0 Å². The van der Waals surface area contributed by atoms with Crippen molar-refractivity contribution in [3.8, 4) is 0 Å². The number of halogens is 4. The van der Waals surface area contributed by atoms with Gasteiger partial charge in [0.15, 0.2) is 5.78 Å². The zero-order valence-corrected chi connectivity index (χ0v) is 14.2. The molecule has 0 fully saturated rings. The van der Waals surface area contributed by atoms with Gasteiger partial charge in [-0.3, -0.25) is 4.79 Å².